The van der Waals surface area contributed by atoms with Crippen molar-refractivity contribution in [3.8, 4) is 0 Å². The summed E-state index contributed by atoms with van der Waals surface area (Å²) < 4.78 is 0. The zero-order valence-corrected chi connectivity index (χ0v) is 9.54. The Hall–Kier alpha value is -2.22. The molecule has 0 bridgehead atoms. The fourth-order valence-corrected chi connectivity index (χ4v) is 1.81. The van der Waals surface area contributed by atoms with Crippen LogP contribution in [-0.2, 0) is 4.79 Å². The number of carboxylic acids is 1. The summed E-state index contributed by atoms with van der Waals surface area (Å²) in [5, 5.41) is 19.6. The molecule has 1 saturated heterocycles. The van der Waals surface area contributed by atoms with Gasteiger partial charge in [0.2, 0.25) is 0 Å². The molecular formula is C10H13N5O3. The Bertz CT molecular complexity index is 461. The minimum Gasteiger partial charge on any atom is -0.480 e. The van der Waals surface area contributed by atoms with Gasteiger partial charge in [0.05, 0.1) is 0 Å². The zero-order chi connectivity index (χ0) is 13.1. The molecule has 0 spiro atoms. The van der Waals surface area contributed by atoms with Gasteiger partial charge >= 0.3 is 5.97 Å². The maximum absolute atomic E-state index is 11.1. The van der Waals surface area contributed by atoms with E-state index in [9.17, 15) is 9.59 Å². The molecule has 96 valence electrons. The standard InChI is InChI=1S/C10H13N5O3/c11-9(16)6-1-2-8(14-13-6)15-4-3-12-5-7(15)10(17)18/h1-2,7,12H,3-5H2,(H2,11,16)(H,17,18). The molecule has 1 unspecified atom stereocenters. The molecule has 0 aromatic carbocycles. The number of aliphatic carboxylic acids is 1. The Morgan fingerprint density at radius 1 is 1.44 bits per heavy atom. The van der Waals surface area contributed by atoms with E-state index < -0.39 is 17.9 Å². The molecule has 1 aliphatic rings. The maximum atomic E-state index is 11.1. The minimum atomic E-state index is -0.928. The van der Waals surface area contributed by atoms with Crippen LogP contribution in [0.15, 0.2) is 12.1 Å². The summed E-state index contributed by atoms with van der Waals surface area (Å²) in [6.07, 6.45) is 0. The number of anilines is 1. The highest BCUT2D eigenvalue weighted by Gasteiger charge is 2.29. The number of nitrogens with one attached hydrogen (secondary N) is 1. The number of primary amides is 1. The highest BCUT2D eigenvalue weighted by molar-refractivity contribution is 5.90. The molecular weight excluding hydrogens is 238 g/mol. The molecule has 1 aromatic rings. The van der Waals surface area contributed by atoms with Gasteiger partial charge in [-0.1, -0.05) is 0 Å². The number of hydrogen-bond acceptors (Lipinski definition) is 6. The molecule has 1 fully saturated rings. The monoisotopic (exact) mass is 251 g/mol. The molecule has 1 aliphatic heterocycles. The van der Waals surface area contributed by atoms with Gasteiger partial charge in [0.1, 0.15) is 6.04 Å². The van der Waals surface area contributed by atoms with Crippen molar-refractivity contribution in [3.63, 3.8) is 0 Å². The minimum absolute atomic E-state index is 0.0563. The maximum Gasteiger partial charge on any atom is 0.327 e. The van der Waals surface area contributed by atoms with Crippen LogP contribution in [-0.4, -0.2) is 52.9 Å². The molecule has 1 amide bonds. The van der Waals surface area contributed by atoms with Crippen molar-refractivity contribution in [2.45, 2.75) is 6.04 Å². The van der Waals surface area contributed by atoms with Gasteiger partial charge in [-0.15, -0.1) is 10.2 Å². The van der Waals surface area contributed by atoms with E-state index in [1.54, 1.807) is 11.0 Å². The Morgan fingerprint density at radius 3 is 2.78 bits per heavy atom. The average Bonchev–Trinajstić information content (AvgIpc) is 2.39. The van der Waals surface area contributed by atoms with E-state index in [2.05, 4.69) is 15.5 Å². The van der Waals surface area contributed by atoms with Crippen LogP contribution < -0.4 is 16.0 Å². The quantitative estimate of drug-likeness (QED) is 0.593. The van der Waals surface area contributed by atoms with Crippen molar-refractivity contribution in [2.75, 3.05) is 24.5 Å². The second-order valence-electron chi connectivity index (χ2n) is 3.89. The molecule has 18 heavy (non-hydrogen) atoms. The second-order valence-corrected chi connectivity index (χ2v) is 3.89. The van der Waals surface area contributed by atoms with Crippen molar-refractivity contribution in [1.29, 1.82) is 0 Å². The van der Waals surface area contributed by atoms with Gasteiger partial charge in [-0.3, -0.25) is 4.79 Å². The lowest BCUT2D eigenvalue weighted by atomic mass is 10.2. The van der Waals surface area contributed by atoms with Crippen molar-refractivity contribution in [2.24, 2.45) is 5.73 Å². The first kappa shape index (κ1) is 12.2. The Morgan fingerprint density at radius 2 is 2.22 bits per heavy atom. The topological polar surface area (TPSA) is 121 Å². The molecule has 8 heteroatoms. The molecule has 0 aliphatic carbocycles. The van der Waals surface area contributed by atoms with Crippen LogP contribution in [0.2, 0.25) is 0 Å². The van der Waals surface area contributed by atoms with E-state index >= 15 is 0 Å². The van der Waals surface area contributed by atoms with Gasteiger partial charge in [0.25, 0.3) is 5.91 Å². The summed E-state index contributed by atoms with van der Waals surface area (Å²) in [6.45, 7) is 1.53. The summed E-state index contributed by atoms with van der Waals surface area (Å²) in [7, 11) is 0. The lowest BCUT2D eigenvalue weighted by Gasteiger charge is -2.33. The number of carboxylic acid groups (broad SMARTS) is 1. The van der Waals surface area contributed by atoms with E-state index in [1.807, 2.05) is 0 Å². The summed E-state index contributed by atoms with van der Waals surface area (Å²) >= 11 is 0. The molecule has 8 nitrogen and oxygen atoms in total. The third-order valence-corrected chi connectivity index (χ3v) is 2.73. The van der Waals surface area contributed by atoms with Crippen LogP contribution in [0.3, 0.4) is 0 Å². The third kappa shape index (κ3) is 2.38. The Balaban J connectivity index is 2.23. The van der Waals surface area contributed by atoms with E-state index in [0.717, 1.165) is 0 Å². The number of nitrogens with zero attached hydrogens (tertiary/aromatic N) is 3. The van der Waals surface area contributed by atoms with Gasteiger partial charge in [-0.25, -0.2) is 4.79 Å². The first-order chi connectivity index (χ1) is 8.59. The SMILES string of the molecule is NC(=O)c1ccc(N2CCNCC2C(=O)O)nn1. The van der Waals surface area contributed by atoms with Crippen LogP contribution >= 0.6 is 0 Å². The molecule has 2 heterocycles. The number of hydrogen-bond donors (Lipinski definition) is 3. The summed E-state index contributed by atoms with van der Waals surface area (Å²) in [6, 6.07) is 2.30. The van der Waals surface area contributed by atoms with Crippen LogP contribution in [0.4, 0.5) is 5.82 Å². The molecule has 0 radical (unpaired) electrons. The van der Waals surface area contributed by atoms with Crippen LogP contribution in [0, 0.1) is 0 Å². The van der Waals surface area contributed by atoms with E-state index in [4.69, 9.17) is 10.8 Å². The Labute approximate surface area is 103 Å². The number of carbonyl (C=O) groups is 2. The number of rotatable bonds is 3. The van der Waals surface area contributed by atoms with Crippen molar-refractivity contribution in [1.82, 2.24) is 15.5 Å². The second kappa shape index (κ2) is 4.96. The van der Waals surface area contributed by atoms with Crippen molar-refractivity contribution in [3.05, 3.63) is 17.8 Å². The number of nitrogens with two attached hydrogens (primary N) is 1. The number of piperazine rings is 1. The lowest BCUT2D eigenvalue weighted by molar-refractivity contribution is -0.138. The summed E-state index contributed by atoms with van der Waals surface area (Å²) in [5.41, 5.74) is 5.11. The summed E-state index contributed by atoms with van der Waals surface area (Å²) in [4.78, 5) is 23.6. The molecule has 4 N–H and O–H groups in total. The van der Waals surface area contributed by atoms with Crippen molar-refractivity contribution < 1.29 is 14.7 Å². The fourth-order valence-electron chi connectivity index (χ4n) is 1.81. The highest BCUT2D eigenvalue weighted by Crippen LogP contribution is 2.15. The normalized spacial score (nSPS) is 19.6. The lowest BCUT2D eigenvalue weighted by Crippen LogP contribution is -2.55. The van der Waals surface area contributed by atoms with Crippen LogP contribution in [0.1, 0.15) is 10.5 Å². The van der Waals surface area contributed by atoms with E-state index in [0.29, 0.717) is 25.5 Å². The predicted molar refractivity (Wildman–Crippen MR) is 62.2 cm³/mol. The summed E-state index contributed by atoms with van der Waals surface area (Å²) in [5.74, 6) is -1.17. The first-order valence-electron chi connectivity index (χ1n) is 5.43. The van der Waals surface area contributed by atoms with E-state index in [1.165, 1.54) is 6.07 Å². The molecule has 1 aromatic heterocycles. The van der Waals surface area contributed by atoms with Crippen molar-refractivity contribution >= 4 is 17.7 Å². The van der Waals surface area contributed by atoms with E-state index in [-0.39, 0.29) is 5.69 Å². The highest BCUT2D eigenvalue weighted by atomic mass is 16.4. The molecule has 0 saturated carbocycles. The first-order valence-corrected chi connectivity index (χ1v) is 5.43. The van der Waals surface area contributed by atoms with Gasteiger partial charge in [-0.2, -0.15) is 0 Å². The number of aromatic nitrogens is 2. The smallest absolute Gasteiger partial charge is 0.327 e. The zero-order valence-electron chi connectivity index (χ0n) is 9.54. The Kier molecular flexibility index (Phi) is 3.38. The van der Waals surface area contributed by atoms with Gasteiger partial charge < -0.3 is 21.1 Å². The van der Waals surface area contributed by atoms with Crippen LogP contribution in [0.5, 0.6) is 0 Å². The van der Waals surface area contributed by atoms with Gasteiger partial charge in [0, 0.05) is 19.6 Å². The average molecular weight is 251 g/mol. The van der Waals surface area contributed by atoms with Gasteiger partial charge in [0.15, 0.2) is 11.5 Å². The largest absolute Gasteiger partial charge is 0.480 e. The molecule has 1 atom stereocenters. The number of amides is 1. The fraction of sp³-hybridized carbons (Fsp3) is 0.400. The molecule has 2 rings (SSSR count). The third-order valence-electron chi connectivity index (χ3n) is 2.73. The van der Waals surface area contributed by atoms with Gasteiger partial charge in [-0.05, 0) is 12.1 Å². The predicted octanol–water partition coefficient (Wildman–Crippen LogP) is -1.56. The number of carbonyl (C=O) groups excluding carboxylic acids is 1. The van der Waals surface area contributed by atoms with Crippen LogP contribution in [0.25, 0.3) is 0 Å².